The molecule has 4 saturated heterocycles. The average Bonchev–Trinajstić information content (AvgIpc) is 1.77. The normalized spacial score (nSPS) is 13.2. The summed E-state index contributed by atoms with van der Waals surface area (Å²) >= 11 is 17.0. The van der Waals surface area contributed by atoms with Crippen molar-refractivity contribution in [1.29, 1.82) is 0 Å². The second kappa shape index (κ2) is 51.1. The number of methoxy groups -OCH3 is 3. The van der Waals surface area contributed by atoms with Crippen LogP contribution in [0.4, 0.5) is 61.1 Å². The summed E-state index contributed by atoms with van der Waals surface area (Å²) in [5.41, 5.74) is 46.0. The molecular formula is C90H101BCl3F2LiN30O16. The van der Waals surface area contributed by atoms with Crippen molar-refractivity contribution in [2.45, 2.75) is 54.5 Å². The Labute approximate surface area is 843 Å². The van der Waals surface area contributed by atoms with Crippen LogP contribution >= 0.6 is 34.8 Å². The molecule has 15 aromatic heterocycles. The third kappa shape index (κ3) is 26.9. The molecule has 0 amide bonds. The van der Waals surface area contributed by atoms with Gasteiger partial charge in [-0.25, -0.2) is 97.7 Å². The van der Waals surface area contributed by atoms with E-state index in [1.165, 1.54) is 58.0 Å². The average molecular weight is 2020 g/mol. The number of Topliss-reactive ketones (excluding diaryl/α,β-unsaturated/α-hetero) is 1. The number of esters is 3. The number of aromatic nitrogens is 20. The fourth-order valence-corrected chi connectivity index (χ4v) is 14.8. The van der Waals surface area contributed by atoms with E-state index < -0.39 is 36.8 Å². The van der Waals surface area contributed by atoms with Gasteiger partial charge in [0.25, 0.3) is 0 Å². The molecule has 4 aliphatic heterocycles. The van der Waals surface area contributed by atoms with Gasteiger partial charge in [0.2, 0.25) is 0 Å². The molecule has 0 aromatic carbocycles. The van der Waals surface area contributed by atoms with Gasteiger partial charge in [-0.05, 0) is 106 Å². The van der Waals surface area contributed by atoms with Gasteiger partial charge in [-0.3, -0.25) is 14.8 Å². The first-order valence-electron chi connectivity index (χ1n) is 43.0. The zero-order valence-corrected chi connectivity index (χ0v) is 80.3. The van der Waals surface area contributed by atoms with Gasteiger partial charge in [0.05, 0.1) is 85.6 Å². The number of hydrogen-bond acceptors (Lipinski definition) is 41. The van der Waals surface area contributed by atoms with Crippen LogP contribution in [0.5, 0.6) is 0 Å². The first kappa shape index (κ1) is 110. The van der Waals surface area contributed by atoms with Crippen molar-refractivity contribution in [3.8, 4) is 33.8 Å². The molecule has 53 heteroatoms. The number of nitrogens with two attached hydrogens (primary N) is 6. The number of ether oxygens (including phenoxy) is 7. The monoisotopic (exact) mass is 2020 g/mol. The number of anilines is 9. The molecule has 19 rings (SSSR count). The molecular weight excluding hydrogens is 1920 g/mol. The van der Waals surface area contributed by atoms with Crippen LogP contribution in [0.15, 0.2) is 135 Å². The number of rotatable bonds is 17. The Kier molecular flexibility index (Phi) is 39.4. The zero-order valence-electron chi connectivity index (χ0n) is 78.0. The summed E-state index contributed by atoms with van der Waals surface area (Å²) in [6, 6.07) is 20.5. The Morgan fingerprint density at radius 1 is 0.413 bits per heavy atom. The molecule has 15 aromatic rings. The number of nitrogen functional groups attached to an aromatic ring is 5. The van der Waals surface area contributed by atoms with Crippen LogP contribution in [-0.2, 0) is 46.1 Å². The summed E-state index contributed by atoms with van der Waals surface area (Å²) in [7, 11) is 2.31. The molecule has 0 aliphatic carbocycles. The number of pyridine rings is 6. The van der Waals surface area contributed by atoms with E-state index in [0.29, 0.717) is 157 Å². The van der Waals surface area contributed by atoms with Crippen LogP contribution in [0.2, 0.25) is 15.5 Å². The van der Waals surface area contributed by atoms with Crippen LogP contribution in [0, 0.1) is 39.3 Å². The molecule has 4 fully saturated rings. The molecule has 46 nitrogen and oxygen atoms in total. The van der Waals surface area contributed by atoms with E-state index in [9.17, 15) is 37.9 Å². The summed E-state index contributed by atoms with van der Waals surface area (Å²) < 4.78 is 69.3. The fraction of sp³-hybridized carbons (Fsp3) is 0.300. The minimum Gasteiger partial charge on any atom is -0.870 e. The first-order valence-corrected chi connectivity index (χ1v) is 44.2. The number of ketones is 1. The van der Waals surface area contributed by atoms with Crippen LogP contribution in [-0.4, -0.2) is 281 Å². The Morgan fingerprint density at radius 2 is 0.720 bits per heavy atom. The Bertz CT molecular complexity index is 7020. The maximum absolute atomic E-state index is 14.0. The van der Waals surface area contributed by atoms with Gasteiger partial charge in [0, 0.05) is 167 Å². The number of carboxylic acid groups (broad SMARTS) is 1. The number of carbonyl (C=O) groups is 5. The molecule has 0 atom stereocenters. The number of imidazole rings is 4. The summed E-state index contributed by atoms with van der Waals surface area (Å²) in [6.45, 7) is 17.8. The summed E-state index contributed by atoms with van der Waals surface area (Å²) in [5.74, 6) is -2.12. The number of morpholine rings is 4. The van der Waals surface area contributed by atoms with E-state index in [1.807, 2.05) is 110 Å². The topological polar surface area (TPSA) is 634 Å². The van der Waals surface area contributed by atoms with Crippen molar-refractivity contribution in [3.05, 3.63) is 224 Å². The number of aromatic carboxylic acids is 1. The number of fused-ring (bicyclic) bond motifs is 4. The molecule has 0 bridgehead atoms. The third-order valence-corrected chi connectivity index (χ3v) is 22.5. The Balaban J connectivity index is 0.000000177. The smallest absolute Gasteiger partial charge is 0.870 e. The van der Waals surface area contributed by atoms with Gasteiger partial charge in [0.15, 0.2) is 96.4 Å². The van der Waals surface area contributed by atoms with Gasteiger partial charge in [0.1, 0.15) is 57.0 Å². The second-order valence-corrected chi connectivity index (χ2v) is 31.8. The number of carboxylic acids is 1. The second-order valence-electron chi connectivity index (χ2n) is 30.8. The third-order valence-electron chi connectivity index (χ3n) is 21.6. The Hall–Kier alpha value is -14.7. The number of halogens is 5. The zero-order chi connectivity index (χ0) is 100. The number of aryl methyl sites for hydroxylation is 5. The molecule has 746 valence electrons. The van der Waals surface area contributed by atoms with Crippen LogP contribution < -0.4 is 78.3 Å². The SMILES string of the molecule is C.COC(=O)c1nc(-c2ccc3ncc(C)n3c2)c(N2CCOCC2)nc1N.COC(=O)c1nc(Cl)c(Cl)nc1N.COC(=O)c1nc(Cl)c(N2CCOCC2)nc1N.Cc1cnc2ccc(-c3nc(C(=O)CCc4ncccc4F)c(N)nc3N3CCOCC3)cn12.Cc1cnc2ccc(-c3nc(C(=O)O)c(N)nc3N3CCOCC3)cn12.Cc1cnc2ccc(B(O)O)cn12.NCc1ncccc1F.[Li+].[OH-]. The first-order chi connectivity index (χ1) is 67.3. The van der Waals surface area contributed by atoms with E-state index in [0.717, 1.165) is 62.1 Å². The predicted molar refractivity (Wildman–Crippen MR) is 524 cm³/mol. The maximum atomic E-state index is 14.0. The molecule has 0 unspecified atom stereocenters. The molecule has 0 radical (unpaired) electrons. The van der Waals surface area contributed by atoms with Gasteiger partial charge < -0.3 is 125 Å². The number of carbonyl (C=O) groups excluding carboxylic acids is 4. The quantitative estimate of drug-likeness (QED) is 0.0265. The van der Waals surface area contributed by atoms with Crippen LogP contribution in [0.1, 0.15) is 100 Å². The Morgan fingerprint density at radius 3 is 1.08 bits per heavy atom. The van der Waals surface area contributed by atoms with Crippen LogP contribution in [0.25, 0.3) is 56.4 Å². The van der Waals surface area contributed by atoms with Crippen molar-refractivity contribution in [3.63, 3.8) is 0 Å². The molecule has 19 heterocycles. The molecule has 143 heavy (non-hydrogen) atoms. The van der Waals surface area contributed by atoms with Gasteiger partial charge in [-0.1, -0.05) is 48.3 Å². The van der Waals surface area contributed by atoms with Crippen molar-refractivity contribution in [1.82, 2.24) is 97.3 Å². The van der Waals surface area contributed by atoms with E-state index in [2.05, 4.69) is 94.0 Å². The molecule has 4 aliphatic rings. The number of hydrogen-bond donors (Lipinski definition) is 9. The molecule has 0 spiro atoms. The number of nitrogens with zero attached hydrogens (tertiary/aromatic N) is 24. The predicted octanol–water partition coefficient (Wildman–Crippen LogP) is 4.34. The fourth-order valence-electron chi connectivity index (χ4n) is 14.3. The van der Waals surface area contributed by atoms with Gasteiger partial charge >= 0.3 is 49.9 Å². The van der Waals surface area contributed by atoms with Crippen LogP contribution in [0.3, 0.4) is 0 Å². The van der Waals surface area contributed by atoms with Crippen molar-refractivity contribution < 1.29 is 105 Å². The summed E-state index contributed by atoms with van der Waals surface area (Å²) in [6.07, 6.45) is 17.7. The minimum atomic E-state index is -1.42. The van der Waals surface area contributed by atoms with E-state index >= 15 is 0 Å². The standard InChI is InChI=1S/C24H24FN7O2.C18H20N6O3.C17H18N6O3.C10H13ClN4O3.C8H9BN2O2.C6H5Cl2N3O2.C6H7FN2.CH4.Li.H2O/c1-15-13-28-20-7-4-16(14-32(15)20)21-24(31-9-11-34-12-10-31)30-23(26)22(29-21)19(33)6-5-18-17(25)3-2-8-27-18;1-11-9-20-13-4-3-12(10-24(11)13)14-17(23-5-7-27-8-6-23)22-16(19)15(21-14)18(25)26-2;1-10-8-19-12-3-2-11(9-23(10)12)13-16(22-4-6-26-7-5-22)21-15(18)14(20-13)17(24)25;1-17-10(16)6-8(12)14-9(7(11)13-6)15-2-4-18-5-3-15;1-6-4-10-8-3-2-7(9(12)13)5-11(6)8;1-13-6(12)2-5(9)11-4(8)3(7)10-2;7-5-2-1-3-9-6(5)4-8;;;/h2-4,7-8,13-14H,5-6,9-12H2,1H3,(H2,26,30);3-4,9-10H,5-8H2,1-2H3,(H2,19,22);2-3,8-9H,4-7H2,1H3,(H2,18,21)(H,24,25);2-5H2,1H3,(H2,12,14);2-5,12-13H,1H3;1H3,(H2,9,11);1-3H,4,8H2;1H4;;1H2/q;;;;;;;;+1;/p-1. The van der Waals surface area contributed by atoms with Crippen molar-refractivity contribution in [2.24, 2.45) is 5.73 Å². The van der Waals surface area contributed by atoms with Crippen molar-refractivity contribution in [2.75, 3.05) is 175 Å². The van der Waals surface area contributed by atoms with E-state index in [4.69, 9.17) is 108 Å². The molecule has 16 N–H and O–H groups in total. The largest absolute Gasteiger partial charge is 1.00 e. The summed E-state index contributed by atoms with van der Waals surface area (Å²) in [5, 5.41) is 27.3. The summed E-state index contributed by atoms with van der Waals surface area (Å²) in [4.78, 5) is 134. The molecule has 0 saturated carbocycles. The van der Waals surface area contributed by atoms with Gasteiger partial charge in [-0.2, -0.15) is 0 Å². The maximum Gasteiger partial charge on any atom is 1.00 e. The minimum absolute atomic E-state index is 0. The van der Waals surface area contributed by atoms with Gasteiger partial charge in [-0.15, -0.1) is 0 Å². The van der Waals surface area contributed by atoms with E-state index in [-0.39, 0.29) is 141 Å². The van der Waals surface area contributed by atoms with E-state index in [1.54, 1.807) is 43.1 Å². The van der Waals surface area contributed by atoms with Crippen molar-refractivity contribution >= 4 is 152 Å².